The second-order valence-electron chi connectivity index (χ2n) is 6.45. The fraction of sp³-hybridized carbons (Fsp3) is 0.0909. The van der Waals surface area contributed by atoms with E-state index < -0.39 is 5.97 Å². The van der Waals surface area contributed by atoms with Crippen LogP contribution in [-0.4, -0.2) is 21.1 Å². The largest absolute Gasteiger partial charge is 0.456 e. The van der Waals surface area contributed by atoms with Gasteiger partial charge >= 0.3 is 5.97 Å². The Kier molecular flexibility index (Phi) is 5.05. The second kappa shape index (κ2) is 7.81. The highest BCUT2D eigenvalue weighted by Crippen LogP contribution is 2.19. The third-order valence-corrected chi connectivity index (χ3v) is 5.22. The molecule has 7 heteroatoms. The number of carbonyl (C=O) groups is 2. The van der Waals surface area contributed by atoms with Crippen molar-refractivity contribution in [2.24, 2.45) is 0 Å². The van der Waals surface area contributed by atoms with E-state index in [0.717, 1.165) is 5.56 Å². The number of hydrogen-bond donors (Lipinski definition) is 0. The van der Waals surface area contributed by atoms with Gasteiger partial charge in [-0.05, 0) is 36.1 Å². The molecular weight excluding hydrogens is 388 g/mol. The standard InChI is InChI=1S/C22H16N2O4S/c1-14-8-9-19-23-15(11-20(25)24(19)12-14)13-28-22(27)17-6-3-2-5-16(17)21(26)18-7-4-10-29-18/h2-12H,13H2,1H3. The summed E-state index contributed by atoms with van der Waals surface area (Å²) >= 11 is 1.31. The third-order valence-electron chi connectivity index (χ3n) is 4.35. The lowest BCUT2D eigenvalue weighted by Crippen LogP contribution is -2.17. The summed E-state index contributed by atoms with van der Waals surface area (Å²) in [5, 5.41) is 1.81. The molecule has 0 bridgehead atoms. The van der Waals surface area contributed by atoms with Crippen molar-refractivity contribution in [2.45, 2.75) is 13.5 Å². The number of pyridine rings is 1. The predicted molar refractivity (Wildman–Crippen MR) is 110 cm³/mol. The van der Waals surface area contributed by atoms with Gasteiger partial charge in [0.1, 0.15) is 12.3 Å². The molecule has 0 aliphatic heterocycles. The van der Waals surface area contributed by atoms with E-state index in [-0.39, 0.29) is 29.1 Å². The van der Waals surface area contributed by atoms with Crippen LogP contribution < -0.4 is 5.56 Å². The van der Waals surface area contributed by atoms with E-state index >= 15 is 0 Å². The molecule has 0 N–H and O–H groups in total. The summed E-state index contributed by atoms with van der Waals surface area (Å²) in [6.07, 6.45) is 1.70. The van der Waals surface area contributed by atoms with Crippen LogP contribution in [0.25, 0.3) is 5.65 Å². The number of aryl methyl sites for hydroxylation is 1. The van der Waals surface area contributed by atoms with Gasteiger partial charge in [-0.15, -0.1) is 11.3 Å². The number of hydrogen-bond acceptors (Lipinski definition) is 6. The van der Waals surface area contributed by atoms with Crippen molar-refractivity contribution in [3.8, 4) is 0 Å². The molecule has 0 spiro atoms. The molecule has 4 aromatic rings. The minimum absolute atomic E-state index is 0.167. The zero-order valence-corrected chi connectivity index (χ0v) is 16.3. The van der Waals surface area contributed by atoms with E-state index in [4.69, 9.17) is 4.74 Å². The van der Waals surface area contributed by atoms with Crippen LogP contribution >= 0.6 is 11.3 Å². The van der Waals surface area contributed by atoms with Gasteiger partial charge in [-0.2, -0.15) is 0 Å². The number of carbonyl (C=O) groups excluding carboxylic acids is 2. The minimum atomic E-state index is -0.642. The van der Waals surface area contributed by atoms with E-state index in [1.165, 1.54) is 21.8 Å². The van der Waals surface area contributed by atoms with Crippen molar-refractivity contribution in [1.82, 2.24) is 9.38 Å². The Bertz CT molecular complexity index is 1280. The van der Waals surface area contributed by atoms with Crippen molar-refractivity contribution < 1.29 is 14.3 Å². The molecule has 4 rings (SSSR count). The van der Waals surface area contributed by atoms with Crippen LogP contribution in [0.5, 0.6) is 0 Å². The minimum Gasteiger partial charge on any atom is -0.456 e. The molecule has 0 aliphatic rings. The van der Waals surface area contributed by atoms with Crippen LogP contribution in [0.2, 0.25) is 0 Å². The average molecular weight is 404 g/mol. The molecule has 0 amide bonds. The monoisotopic (exact) mass is 404 g/mol. The van der Waals surface area contributed by atoms with E-state index in [0.29, 0.717) is 16.2 Å². The van der Waals surface area contributed by atoms with Gasteiger partial charge in [0, 0.05) is 17.8 Å². The van der Waals surface area contributed by atoms with E-state index in [1.54, 1.807) is 54.0 Å². The highest BCUT2D eigenvalue weighted by Gasteiger charge is 2.20. The fourth-order valence-electron chi connectivity index (χ4n) is 2.95. The van der Waals surface area contributed by atoms with Gasteiger partial charge in [0.25, 0.3) is 5.56 Å². The summed E-state index contributed by atoms with van der Waals surface area (Å²) in [6.45, 7) is 1.72. The highest BCUT2D eigenvalue weighted by atomic mass is 32.1. The molecule has 0 radical (unpaired) electrons. The molecule has 3 heterocycles. The van der Waals surface area contributed by atoms with Gasteiger partial charge in [-0.3, -0.25) is 14.0 Å². The van der Waals surface area contributed by atoms with Crippen LogP contribution in [0, 0.1) is 6.92 Å². The fourth-order valence-corrected chi connectivity index (χ4v) is 3.63. The van der Waals surface area contributed by atoms with E-state index in [1.807, 2.05) is 13.0 Å². The number of aromatic nitrogens is 2. The van der Waals surface area contributed by atoms with Crippen LogP contribution in [0.1, 0.15) is 36.9 Å². The lowest BCUT2D eigenvalue weighted by Gasteiger charge is -2.09. The molecule has 0 unspecified atom stereocenters. The SMILES string of the molecule is Cc1ccc2nc(COC(=O)c3ccccc3C(=O)c3cccs3)cc(=O)n2c1. The van der Waals surface area contributed by atoms with Gasteiger partial charge in [-0.25, -0.2) is 9.78 Å². The Morgan fingerprint density at radius 2 is 1.86 bits per heavy atom. The Morgan fingerprint density at radius 3 is 2.62 bits per heavy atom. The molecule has 0 fully saturated rings. The van der Waals surface area contributed by atoms with Gasteiger partial charge in [0.15, 0.2) is 0 Å². The van der Waals surface area contributed by atoms with Gasteiger partial charge in [0.05, 0.1) is 16.1 Å². The number of ketones is 1. The summed E-state index contributed by atoms with van der Waals surface area (Å²) in [4.78, 5) is 42.5. The predicted octanol–water partition coefficient (Wildman–Crippen LogP) is 3.65. The van der Waals surface area contributed by atoms with Crippen molar-refractivity contribution in [1.29, 1.82) is 0 Å². The number of ether oxygens (including phenoxy) is 1. The van der Waals surface area contributed by atoms with Crippen LogP contribution in [-0.2, 0) is 11.3 Å². The van der Waals surface area contributed by atoms with Crippen molar-refractivity contribution in [3.05, 3.63) is 104 Å². The summed E-state index contributed by atoms with van der Waals surface area (Å²) in [5.74, 6) is -0.874. The molecule has 1 aromatic carbocycles. The zero-order valence-electron chi connectivity index (χ0n) is 15.5. The Hall–Kier alpha value is -3.58. The molecule has 0 saturated carbocycles. The maximum atomic E-state index is 12.7. The maximum absolute atomic E-state index is 12.7. The van der Waals surface area contributed by atoms with Crippen molar-refractivity contribution in [2.75, 3.05) is 0 Å². The molecule has 0 saturated heterocycles. The number of benzene rings is 1. The molecule has 29 heavy (non-hydrogen) atoms. The zero-order chi connectivity index (χ0) is 20.4. The molecular formula is C22H16N2O4S. The number of rotatable bonds is 5. The number of nitrogens with zero attached hydrogens (tertiary/aromatic N) is 2. The number of esters is 1. The van der Waals surface area contributed by atoms with Crippen molar-refractivity contribution >= 4 is 28.7 Å². The Labute approximate surface area is 170 Å². The lowest BCUT2D eigenvalue weighted by molar-refractivity contribution is 0.0465. The Morgan fingerprint density at radius 1 is 1.07 bits per heavy atom. The lowest BCUT2D eigenvalue weighted by atomic mass is 10.0. The number of thiophene rings is 1. The van der Waals surface area contributed by atoms with Crippen LogP contribution in [0.15, 0.2) is 71.0 Å². The first-order valence-corrected chi connectivity index (χ1v) is 9.74. The third kappa shape index (κ3) is 3.86. The maximum Gasteiger partial charge on any atom is 0.339 e. The van der Waals surface area contributed by atoms with E-state index in [9.17, 15) is 14.4 Å². The van der Waals surface area contributed by atoms with Crippen molar-refractivity contribution in [3.63, 3.8) is 0 Å². The molecule has 0 aliphatic carbocycles. The van der Waals surface area contributed by atoms with Gasteiger partial charge < -0.3 is 4.74 Å². The van der Waals surface area contributed by atoms with Crippen LogP contribution in [0.3, 0.4) is 0 Å². The average Bonchev–Trinajstić information content (AvgIpc) is 3.27. The summed E-state index contributed by atoms with van der Waals surface area (Å²) in [5.41, 5.74) is 1.96. The highest BCUT2D eigenvalue weighted by molar-refractivity contribution is 7.12. The summed E-state index contributed by atoms with van der Waals surface area (Å²) in [6, 6.07) is 14.9. The molecule has 6 nitrogen and oxygen atoms in total. The van der Waals surface area contributed by atoms with E-state index in [2.05, 4.69) is 4.98 Å². The van der Waals surface area contributed by atoms with Crippen LogP contribution in [0.4, 0.5) is 0 Å². The summed E-state index contributed by atoms with van der Waals surface area (Å²) < 4.78 is 6.79. The normalized spacial score (nSPS) is 10.8. The Balaban J connectivity index is 1.57. The quantitative estimate of drug-likeness (QED) is 0.375. The molecule has 3 aromatic heterocycles. The topological polar surface area (TPSA) is 77.7 Å². The van der Waals surface area contributed by atoms with Gasteiger partial charge in [-0.1, -0.05) is 30.3 Å². The van der Waals surface area contributed by atoms with Gasteiger partial charge in [0.2, 0.25) is 5.78 Å². The first-order chi connectivity index (χ1) is 14.0. The smallest absolute Gasteiger partial charge is 0.339 e. The molecule has 144 valence electrons. The first-order valence-electron chi connectivity index (χ1n) is 8.86. The molecule has 0 atom stereocenters. The second-order valence-corrected chi connectivity index (χ2v) is 7.40. The number of fused-ring (bicyclic) bond motifs is 1. The first kappa shape index (κ1) is 18.8. The summed E-state index contributed by atoms with van der Waals surface area (Å²) in [7, 11) is 0.